The van der Waals surface area contributed by atoms with Crippen LogP contribution < -0.4 is 0 Å². The summed E-state index contributed by atoms with van der Waals surface area (Å²) in [6.45, 7) is 6.72. The monoisotopic (exact) mass is 332 g/mol. The predicted octanol–water partition coefficient (Wildman–Crippen LogP) is 2.26. The molecule has 3 aliphatic heterocycles. The molecular formula is C19H28N2O3. The third-order valence-corrected chi connectivity index (χ3v) is 5.56. The van der Waals surface area contributed by atoms with Gasteiger partial charge in [0.15, 0.2) is 0 Å². The van der Waals surface area contributed by atoms with Gasteiger partial charge in [0, 0.05) is 58.3 Å². The predicted molar refractivity (Wildman–Crippen MR) is 90.7 cm³/mol. The molecule has 4 rings (SSSR count). The number of hydrogen-bond acceptors (Lipinski definition) is 5. The lowest BCUT2D eigenvalue weighted by Crippen LogP contribution is -2.66. The fourth-order valence-corrected chi connectivity index (χ4v) is 4.23. The van der Waals surface area contributed by atoms with Crippen LogP contribution in [0, 0.1) is 5.92 Å². The summed E-state index contributed by atoms with van der Waals surface area (Å²) < 4.78 is 17.7. The molecule has 1 spiro atoms. The van der Waals surface area contributed by atoms with Crippen molar-refractivity contribution >= 4 is 0 Å². The first kappa shape index (κ1) is 16.5. The molecule has 0 saturated carbocycles. The molecule has 0 bridgehead atoms. The van der Waals surface area contributed by atoms with E-state index in [-0.39, 0.29) is 5.60 Å². The summed E-state index contributed by atoms with van der Waals surface area (Å²) in [5.41, 5.74) is 1.24. The Bertz CT molecular complexity index is 513. The second-order valence-corrected chi connectivity index (χ2v) is 7.54. The summed E-state index contributed by atoms with van der Waals surface area (Å²) in [5, 5.41) is 0. The fraction of sp³-hybridized carbons (Fsp3) is 0.737. The number of pyridine rings is 1. The molecule has 1 atom stereocenters. The maximum Gasteiger partial charge on any atom is 0.0959 e. The first-order chi connectivity index (χ1) is 11.8. The second-order valence-electron chi connectivity index (χ2n) is 7.54. The third-order valence-electron chi connectivity index (χ3n) is 5.56. The van der Waals surface area contributed by atoms with Gasteiger partial charge in [0.1, 0.15) is 0 Å². The van der Waals surface area contributed by atoms with Crippen molar-refractivity contribution in [3.8, 4) is 0 Å². The van der Waals surface area contributed by atoms with E-state index < -0.39 is 0 Å². The molecule has 0 aliphatic carbocycles. The van der Waals surface area contributed by atoms with E-state index in [0.29, 0.717) is 12.7 Å². The Morgan fingerprint density at radius 2 is 1.92 bits per heavy atom. The van der Waals surface area contributed by atoms with Crippen molar-refractivity contribution in [3.63, 3.8) is 0 Å². The first-order valence-corrected chi connectivity index (χ1v) is 9.26. The van der Waals surface area contributed by atoms with Crippen molar-refractivity contribution in [2.45, 2.75) is 44.0 Å². The molecule has 1 aromatic rings. The van der Waals surface area contributed by atoms with E-state index in [2.05, 4.69) is 9.88 Å². The highest BCUT2D eigenvalue weighted by molar-refractivity contribution is 5.08. The number of nitrogens with zero attached hydrogens (tertiary/aromatic N) is 2. The second kappa shape index (κ2) is 7.48. The van der Waals surface area contributed by atoms with Gasteiger partial charge in [0.25, 0.3) is 0 Å². The van der Waals surface area contributed by atoms with Crippen molar-refractivity contribution in [1.82, 2.24) is 9.88 Å². The molecule has 1 unspecified atom stereocenters. The normalized spacial score (nSPS) is 27.9. The summed E-state index contributed by atoms with van der Waals surface area (Å²) in [6.07, 6.45) is 8.42. The highest BCUT2D eigenvalue weighted by atomic mass is 16.5. The molecule has 3 fully saturated rings. The van der Waals surface area contributed by atoms with Crippen molar-refractivity contribution in [2.24, 2.45) is 5.92 Å². The molecule has 3 saturated heterocycles. The molecule has 0 radical (unpaired) electrons. The lowest BCUT2D eigenvalue weighted by Gasteiger charge is -2.54. The highest BCUT2D eigenvalue weighted by Crippen LogP contribution is 2.36. The molecule has 0 aromatic carbocycles. The molecule has 5 nitrogen and oxygen atoms in total. The number of rotatable bonds is 5. The van der Waals surface area contributed by atoms with Crippen LogP contribution in [0.5, 0.6) is 0 Å². The van der Waals surface area contributed by atoms with E-state index in [1.54, 1.807) is 0 Å². The van der Waals surface area contributed by atoms with E-state index in [4.69, 9.17) is 14.2 Å². The molecule has 0 N–H and O–H groups in total. The van der Waals surface area contributed by atoms with Crippen LogP contribution in [-0.2, 0) is 20.8 Å². The molecule has 132 valence electrons. The smallest absolute Gasteiger partial charge is 0.0959 e. The van der Waals surface area contributed by atoms with Crippen LogP contribution in [0.3, 0.4) is 0 Å². The van der Waals surface area contributed by atoms with Crippen molar-refractivity contribution in [2.75, 3.05) is 39.5 Å². The Balaban J connectivity index is 1.22. The van der Waals surface area contributed by atoms with Gasteiger partial charge in [0.05, 0.1) is 18.3 Å². The Kier molecular flexibility index (Phi) is 5.13. The maximum atomic E-state index is 6.15. The van der Waals surface area contributed by atoms with Crippen LogP contribution >= 0.6 is 0 Å². The highest BCUT2D eigenvalue weighted by Gasteiger charge is 2.48. The van der Waals surface area contributed by atoms with Gasteiger partial charge in [-0.3, -0.25) is 9.88 Å². The van der Waals surface area contributed by atoms with Crippen LogP contribution in [0.15, 0.2) is 24.5 Å². The summed E-state index contributed by atoms with van der Waals surface area (Å²) >= 11 is 0. The van der Waals surface area contributed by atoms with Gasteiger partial charge in [-0.25, -0.2) is 0 Å². The van der Waals surface area contributed by atoms with Crippen LogP contribution in [0.4, 0.5) is 0 Å². The maximum absolute atomic E-state index is 6.15. The minimum atomic E-state index is 0.0479. The Hall–Kier alpha value is -1.01. The fourth-order valence-electron chi connectivity index (χ4n) is 4.23. The van der Waals surface area contributed by atoms with E-state index in [9.17, 15) is 0 Å². The van der Waals surface area contributed by atoms with Crippen LogP contribution in [0.1, 0.15) is 31.2 Å². The largest absolute Gasteiger partial charge is 0.381 e. The summed E-state index contributed by atoms with van der Waals surface area (Å²) in [5.74, 6) is 0.804. The minimum Gasteiger partial charge on any atom is -0.381 e. The lowest BCUT2D eigenvalue weighted by atomic mass is 9.83. The molecule has 1 aromatic heterocycles. The van der Waals surface area contributed by atoms with Gasteiger partial charge in [-0.15, -0.1) is 0 Å². The zero-order chi connectivity index (χ0) is 16.2. The molecule has 3 aliphatic rings. The standard InChI is InChI=1S/C19H28N2O3/c1-6-20-7-2-17(1)13-23-18-5-10-24-19(11-18)14-21(15-19)12-16-3-8-22-9-4-16/h1-2,6-7,16,18H,3-5,8-15H2. The molecule has 5 heteroatoms. The Labute approximate surface area is 144 Å². The molecule has 24 heavy (non-hydrogen) atoms. The molecule has 0 amide bonds. The Morgan fingerprint density at radius 1 is 1.12 bits per heavy atom. The summed E-state index contributed by atoms with van der Waals surface area (Å²) in [4.78, 5) is 6.61. The zero-order valence-electron chi connectivity index (χ0n) is 14.4. The van der Waals surface area contributed by atoms with Crippen LogP contribution in [0.2, 0.25) is 0 Å². The van der Waals surface area contributed by atoms with Crippen LogP contribution in [0.25, 0.3) is 0 Å². The van der Waals surface area contributed by atoms with Crippen LogP contribution in [-0.4, -0.2) is 61.0 Å². The van der Waals surface area contributed by atoms with Gasteiger partial charge in [-0.1, -0.05) is 0 Å². The number of aromatic nitrogens is 1. The summed E-state index contributed by atoms with van der Waals surface area (Å²) in [6, 6.07) is 4.04. The van der Waals surface area contributed by atoms with E-state index in [1.807, 2.05) is 24.5 Å². The molecule has 4 heterocycles. The van der Waals surface area contributed by atoms with E-state index >= 15 is 0 Å². The van der Waals surface area contributed by atoms with Gasteiger partial charge in [0.2, 0.25) is 0 Å². The van der Waals surface area contributed by atoms with E-state index in [0.717, 1.165) is 51.7 Å². The number of ether oxygens (including phenoxy) is 3. The van der Waals surface area contributed by atoms with E-state index in [1.165, 1.54) is 24.9 Å². The van der Waals surface area contributed by atoms with Gasteiger partial charge in [-0.05, 0) is 42.9 Å². The Morgan fingerprint density at radius 3 is 2.71 bits per heavy atom. The van der Waals surface area contributed by atoms with Gasteiger partial charge in [-0.2, -0.15) is 0 Å². The number of likely N-dealkylation sites (tertiary alicyclic amines) is 1. The third kappa shape index (κ3) is 3.97. The SMILES string of the molecule is c1cc(COC2CCOC3(C2)CN(CC2CCOCC2)C3)ccn1. The lowest BCUT2D eigenvalue weighted by molar-refractivity contribution is -0.201. The zero-order valence-corrected chi connectivity index (χ0v) is 14.4. The first-order valence-electron chi connectivity index (χ1n) is 9.26. The van der Waals surface area contributed by atoms with Gasteiger partial charge >= 0.3 is 0 Å². The molecular weight excluding hydrogens is 304 g/mol. The van der Waals surface area contributed by atoms with Crippen molar-refractivity contribution < 1.29 is 14.2 Å². The quantitative estimate of drug-likeness (QED) is 0.827. The van der Waals surface area contributed by atoms with Gasteiger partial charge < -0.3 is 14.2 Å². The van der Waals surface area contributed by atoms with Crippen molar-refractivity contribution in [3.05, 3.63) is 30.1 Å². The average molecular weight is 332 g/mol. The average Bonchev–Trinajstić information content (AvgIpc) is 2.61. The van der Waals surface area contributed by atoms with Crippen molar-refractivity contribution in [1.29, 1.82) is 0 Å². The number of hydrogen-bond donors (Lipinski definition) is 0. The summed E-state index contributed by atoms with van der Waals surface area (Å²) in [7, 11) is 0. The minimum absolute atomic E-state index is 0.0479. The topological polar surface area (TPSA) is 43.8 Å².